The Labute approximate surface area is 119 Å². The third kappa shape index (κ3) is 1.73. The zero-order valence-electron chi connectivity index (χ0n) is 10.9. The maximum atomic E-state index is 12.3. The van der Waals surface area contributed by atoms with Gasteiger partial charge in [-0.3, -0.25) is 18.9 Å². The van der Waals surface area contributed by atoms with E-state index in [9.17, 15) is 9.59 Å². The molecule has 6 nitrogen and oxygen atoms in total. The molecule has 102 valence electrons. The maximum Gasteiger partial charge on any atom is 0.261 e. The summed E-state index contributed by atoms with van der Waals surface area (Å²) in [6.07, 6.45) is 5.24. The minimum atomic E-state index is -0.277. The molecule has 21 heavy (non-hydrogen) atoms. The van der Waals surface area contributed by atoms with Crippen molar-refractivity contribution in [1.29, 1.82) is 0 Å². The highest BCUT2D eigenvalue weighted by atomic mass is 16.2. The Bertz CT molecular complexity index is 816. The predicted molar refractivity (Wildman–Crippen MR) is 73.6 cm³/mol. The van der Waals surface area contributed by atoms with Crippen molar-refractivity contribution in [2.24, 2.45) is 0 Å². The van der Waals surface area contributed by atoms with Gasteiger partial charge < -0.3 is 0 Å². The molecule has 0 spiro atoms. The van der Waals surface area contributed by atoms with Crippen molar-refractivity contribution in [2.45, 2.75) is 6.54 Å². The Hall–Kier alpha value is -3.02. The first-order chi connectivity index (χ1) is 10.2. The van der Waals surface area contributed by atoms with Crippen LogP contribution < -0.4 is 0 Å². The van der Waals surface area contributed by atoms with Gasteiger partial charge in [0.2, 0.25) is 5.78 Å². The fourth-order valence-electron chi connectivity index (χ4n) is 2.50. The molecule has 0 saturated carbocycles. The van der Waals surface area contributed by atoms with E-state index in [1.54, 1.807) is 47.1 Å². The molecule has 4 rings (SSSR count). The molecule has 0 unspecified atom stereocenters. The average molecular weight is 278 g/mol. The summed E-state index contributed by atoms with van der Waals surface area (Å²) in [7, 11) is 0. The zero-order chi connectivity index (χ0) is 14.4. The number of hydrogen-bond acceptors (Lipinski definition) is 4. The van der Waals surface area contributed by atoms with Gasteiger partial charge in [-0.25, -0.2) is 9.97 Å². The lowest BCUT2D eigenvalue weighted by Gasteiger charge is -2.11. The van der Waals surface area contributed by atoms with Crippen LogP contribution in [0.15, 0.2) is 48.9 Å². The first-order valence-corrected chi connectivity index (χ1v) is 6.48. The Kier molecular flexibility index (Phi) is 2.38. The minimum Gasteiger partial charge on any atom is -0.291 e. The Morgan fingerprint density at radius 2 is 1.71 bits per heavy atom. The first-order valence-electron chi connectivity index (χ1n) is 6.48. The Morgan fingerprint density at radius 3 is 2.38 bits per heavy atom. The molecule has 0 fully saturated rings. The predicted octanol–water partition coefficient (Wildman–Crippen LogP) is 1.53. The fraction of sp³-hybridized carbons (Fsp3) is 0.0667. The molecule has 6 heteroatoms. The van der Waals surface area contributed by atoms with Crippen LogP contribution in [0, 0.1) is 0 Å². The van der Waals surface area contributed by atoms with Gasteiger partial charge in [0.15, 0.2) is 0 Å². The van der Waals surface area contributed by atoms with Gasteiger partial charge in [0.25, 0.3) is 11.8 Å². The van der Waals surface area contributed by atoms with Crippen LogP contribution in [0.1, 0.15) is 26.4 Å². The van der Waals surface area contributed by atoms with Crippen molar-refractivity contribution in [3.63, 3.8) is 0 Å². The van der Waals surface area contributed by atoms with Gasteiger partial charge in [-0.1, -0.05) is 12.1 Å². The summed E-state index contributed by atoms with van der Waals surface area (Å²) in [5, 5.41) is 0. The molecule has 0 bridgehead atoms. The van der Waals surface area contributed by atoms with Crippen LogP contribution in [-0.4, -0.2) is 31.1 Å². The molecule has 3 aromatic rings. The monoisotopic (exact) mass is 278 g/mol. The van der Waals surface area contributed by atoms with E-state index in [0.717, 1.165) is 0 Å². The van der Waals surface area contributed by atoms with Gasteiger partial charge >= 0.3 is 0 Å². The van der Waals surface area contributed by atoms with E-state index in [2.05, 4.69) is 9.97 Å². The summed E-state index contributed by atoms with van der Waals surface area (Å²) in [6.45, 7) is 0.149. The molecular formula is C15H10N4O2. The first kappa shape index (κ1) is 11.8. The molecule has 0 saturated heterocycles. The molecule has 0 N–H and O–H groups in total. The van der Waals surface area contributed by atoms with Crippen LogP contribution in [0.2, 0.25) is 0 Å². The number of fused-ring (bicyclic) bond motifs is 2. The number of imide groups is 1. The highest BCUT2D eigenvalue weighted by molar-refractivity contribution is 6.21. The molecule has 2 aromatic heterocycles. The Morgan fingerprint density at radius 1 is 1.00 bits per heavy atom. The fourth-order valence-corrected chi connectivity index (χ4v) is 2.50. The van der Waals surface area contributed by atoms with Gasteiger partial charge in [0, 0.05) is 18.6 Å². The summed E-state index contributed by atoms with van der Waals surface area (Å²) in [5.74, 6) is -0.00894. The second kappa shape index (κ2) is 4.24. The number of hydrogen-bond donors (Lipinski definition) is 0. The molecule has 0 aliphatic carbocycles. The van der Waals surface area contributed by atoms with Crippen LogP contribution in [0.3, 0.4) is 0 Å². The standard InChI is InChI=1S/C15H10N4O2/c20-13-11-4-1-2-5-12(11)14(21)19(13)9-10-8-18-7-3-6-16-15(18)17-10/h1-8H,9H2. The second-order valence-electron chi connectivity index (χ2n) is 4.80. The minimum absolute atomic E-state index is 0.149. The third-order valence-corrected chi connectivity index (χ3v) is 3.48. The van der Waals surface area contributed by atoms with Crippen molar-refractivity contribution in [1.82, 2.24) is 19.3 Å². The van der Waals surface area contributed by atoms with E-state index >= 15 is 0 Å². The molecule has 0 radical (unpaired) electrons. The topological polar surface area (TPSA) is 67.6 Å². The van der Waals surface area contributed by atoms with Gasteiger partial charge in [-0.2, -0.15) is 0 Å². The maximum absolute atomic E-state index is 12.3. The van der Waals surface area contributed by atoms with Crippen LogP contribution in [0.5, 0.6) is 0 Å². The lowest BCUT2D eigenvalue weighted by molar-refractivity contribution is 0.0640. The number of carbonyl (C=O) groups excluding carboxylic acids is 2. The summed E-state index contributed by atoms with van der Waals surface area (Å²) >= 11 is 0. The van der Waals surface area contributed by atoms with E-state index in [4.69, 9.17) is 0 Å². The van der Waals surface area contributed by atoms with Crippen molar-refractivity contribution in [2.75, 3.05) is 0 Å². The number of carbonyl (C=O) groups is 2. The third-order valence-electron chi connectivity index (χ3n) is 3.48. The second-order valence-corrected chi connectivity index (χ2v) is 4.80. The molecule has 0 atom stereocenters. The van der Waals surface area contributed by atoms with E-state index in [-0.39, 0.29) is 18.4 Å². The van der Waals surface area contributed by atoms with E-state index in [1.165, 1.54) is 4.90 Å². The normalized spacial score (nSPS) is 14.0. The summed E-state index contributed by atoms with van der Waals surface area (Å²) < 4.78 is 1.76. The summed E-state index contributed by atoms with van der Waals surface area (Å²) in [6, 6.07) is 8.63. The molecule has 1 aromatic carbocycles. The lowest BCUT2D eigenvalue weighted by Crippen LogP contribution is -2.29. The quantitative estimate of drug-likeness (QED) is 0.667. The van der Waals surface area contributed by atoms with Crippen LogP contribution in [0.25, 0.3) is 5.78 Å². The highest BCUT2D eigenvalue weighted by Gasteiger charge is 2.35. The van der Waals surface area contributed by atoms with Crippen LogP contribution in [-0.2, 0) is 6.54 Å². The van der Waals surface area contributed by atoms with Gasteiger partial charge in [0.1, 0.15) is 0 Å². The van der Waals surface area contributed by atoms with Crippen LogP contribution >= 0.6 is 0 Å². The summed E-state index contributed by atoms with van der Waals surface area (Å²) in [4.78, 5) is 34.2. The van der Waals surface area contributed by atoms with Gasteiger partial charge in [-0.05, 0) is 18.2 Å². The number of imidazole rings is 1. The van der Waals surface area contributed by atoms with Gasteiger partial charge in [-0.15, -0.1) is 0 Å². The van der Waals surface area contributed by atoms with E-state index in [1.807, 2.05) is 6.20 Å². The van der Waals surface area contributed by atoms with Crippen molar-refractivity contribution >= 4 is 17.6 Å². The lowest BCUT2D eigenvalue weighted by atomic mass is 10.1. The SMILES string of the molecule is O=C1c2ccccc2C(=O)N1Cc1cn2cccnc2n1. The van der Waals surface area contributed by atoms with E-state index in [0.29, 0.717) is 22.6 Å². The van der Waals surface area contributed by atoms with E-state index < -0.39 is 0 Å². The molecule has 1 aliphatic rings. The van der Waals surface area contributed by atoms with Gasteiger partial charge in [0.05, 0.1) is 23.4 Å². The summed E-state index contributed by atoms with van der Waals surface area (Å²) in [5.41, 5.74) is 1.52. The zero-order valence-corrected chi connectivity index (χ0v) is 10.9. The number of amides is 2. The number of rotatable bonds is 2. The molecule has 2 amide bonds. The van der Waals surface area contributed by atoms with Crippen molar-refractivity contribution in [3.05, 3.63) is 65.7 Å². The average Bonchev–Trinajstić information content (AvgIpc) is 3.02. The molecule has 3 heterocycles. The molecular weight excluding hydrogens is 268 g/mol. The highest BCUT2D eigenvalue weighted by Crippen LogP contribution is 2.23. The van der Waals surface area contributed by atoms with Crippen molar-refractivity contribution in [3.8, 4) is 0 Å². The van der Waals surface area contributed by atoms with Crippen LogP contribution in [0.4, 0.5) is 0 Å². The Balaban J connectivity index is 1.69. The smallest absolute Gasteiger partial charge is 0.261 e. The molecule has 1 aliphatic heterocycles. The number of benzene rings is 1. The number of nitrogens with zero attached hydrogens (tertiary/aromatic N) is 4. The van der Waals surface area contributed by atoms with Crippen molar-refractivity contribution < 1.29 is 9.59 Å². The number of aromatic nitrogens is 3. The largest absolute Gasteiger partial charge is 0.291 e.